The molecule has 1 aliphatic carbocycles. The number of amides is 1. The van der Waals surface area contributed by atoms with E-state index in [0.717, 1.165) is 46.3 Å². The monoisotopic (exact) mass is 374 g/mol. The van der Waals surface area contributed by atoms with Gasteiger partial charge >= 0.3 is 0 Å². The maximum Gasteiger partial charge on any atom is 0.254 e. The summed E-state index contributed by atoms with van der Waals surface area (Å²) in [4.78, 5) is 20.6. The van der Waals surface area contributed by atoms with Crippen LogP contribution in [0, 0.1) is 12.8 Å². The van der Waals surface area contributed by atoms with Crippen molar-refractivity contribution in [2.75, 3.05) is 6.54 Å². The minimum absolute atomic E-state index is 0.155. The van der Waals surface area contributed by atoms with E-state index in [9.17, 15) is 4.79 Å². The van der Waals surface area contributed by atoms with E-state index in [-0.39, 0.29) is 11.9 Å². The number of aryl methyl sites for hydroxylation is 1. The molecule has 2 bridgehead atoms. The maximum absolute atomic E-state index is 13.5. The van der Waals surface area contributed by atoms with Gasteiger partial charge in [-0.25, -0.2) is 4.98 Å². The molecule has 1 saturated carbocycles. The predicted octanol–water partition coefficient (Wildman–Crippen LogP) is 4.61. The van der Waals surface area contributed by atoms with Gasteiger partial charge in [-0.15, -0.1) is 0 Å². The Balaban J connectivity index is 1.64. The lowest BCUT2D eigenvalue weighted by molar-refractivity contribution is 0.0705. The van der Waals surface area contributed by atoms with Crippen LogP contribution < -0.4 is 0 Å². The van der Waals surface area contributed by atoms with Crippen LogP contribution in [-0.2, 0) is 0 Å². The van der Waals surface area contributed by atoms with Crippen LogP contribution in [0.15, 0.2) is 36.7 Å². The zero-order valence-electron chi connectivity index (χ0n) is 16.7. The number of piperidine rings is 1. The van der Waals surface area contributed by atoms with Gasteiger partial charge in [0.25, 0.3) is 5.91 Å². The van der Waals surface area contributed by atoms with Crippen LogP contribution in [0.1, 0.15) is 55.1 Å². The minimum atomic E-state index is 0.155. The summed E-state index contributed by atoms with van der Waals surface area (Å²) in [6.07, 6.45) is 7.44. The number of nitrogens with zero attached hydrogens (tertiary/aromatic N) is 4. The number of hydrogen-bond donors (Lipinski definition) is 0. The molecule has 2 atom stereocenters. The van der Waals surface area contributed by atoms with E-state index >= 15 is 0 Å². The molecule has 0 spiro atoms. The second-order valence-electron chi connectivity index (χ2n) is 8.62. The highest BCUT2D eigenvalue weighted by Gasteiger charge is 2.40. The van der Waals surface area contributed by atoms with Gasteiger partial charge in [0.2, 0.25) is 0 Å². The van der Waals surface area contributed by atoms with Crippen molar-refractivity contribution in [2.45, 2.75) is 52.1 Å². The first kappa shape index (κ1) is 17.4. The number of aromatic nitrogens is 3. The van der Waals surface area contributed by atoms with Gasteiger partial charge < -0.3 is 4.90 Å². The first-order valence-corrected chi connectivity index (χ1v) is 10.3. The Morgan fingerprint density at radius 2 is 2.11 bits per heavy atom. The first-order chi connectivity index (χ1) is 13.5. The fourth-order valence-corrected chi connectivity index (χ4v) is 4.80. The van der Waals surface area contributed by atoms with Gasteiger partial charge in [-0.1, -0.05) is 18.2 Å². The Hall–Kier alpha value is -2.69. The number of hydrogen-bond acceptors (Lipinski definition) is 3. The van der Waals surface area contributed by atoms with Crippen LogP contribution in [0.25, 0.3) is 22.2 Å². The van der Waals surface area contributed by atoms with Crippen LogP contribution in [0.4, 0.5) is 0 Å². The molecule has 144 valence electrons. The summed E-state index contributed by atoms with van der Waals surface area (Å²) in [5.74, 6) is 0.843. The lowest BCUT2D eigenvalue weighted by atomic mass is 10.0. The van der Waals surface area contributed by atoms with Gasteiger partial charge in [0.1, 0.15) is 0 Å². The van der Waals surface area contributed by atoms with Crippen LogP contribution in [0.3, 0.4) is 0 Å². The normalized spacial score (nSPS) is 21.2. The van der Waals surface area contributed by atoms with Gasteiger partial charge in [0.15, 0.2) is 0 Å². The molecule has 0 unspecified atom stereocenters. The molecule has 28 heavy (non-hydrogen) atoms. The third-order valence-electron chi connectivity index (χ3n) is 6.37. The molecule has 1 aliphatic heterocycles. The summed E-state index contributed by atoms with van der Waals surface area (Å²) in [5, 5.41) is 5.41. The Labute approximate surface area is 165 Å². The molecule has 1 aromatic carbocycles. The van der Waals surface area contributed by atoms with Crippen molar-refractivity contribution >= 4 is 16.8 Å². The van der Waals surface area contributed by atoms with Crippen molar-refractivity contribution < 1.29 is 4.79 Å². The summed E-state index contributed by atoms with van der Waals surface area (Å²) in [7, 11) is 0. The highest BCUT2D eigenvalue weighted by atomic mass is 16.2. The highest BCUT2D eigenvalue weighted by Crippen LogP contribution is 2.39. The number of fused-ring (bicyclic) bond motifs is 3. The smallest absolute Gasteiger partial charge is 0.254 e. The van der Waals surface area contributed by atoms with E-state index in [4.69, 9.17) is 4.98 Å². The molecule has 1 amide bonds. The molecule has 5 heteroatoms. The SMILES string of the molecule is Cc1cccc2c(C(=O)N3C[C@H]4CC[C@H]3C4)cc(-c3cnn(C(C)C)c3)nc12. The largest absolute Gasteiger partial charge is 0.335 e. The van der Waals surface area contributed by atoms with E-state index in [1.54, 1.807) is 0 Å². The average Bonchev–Trinajstić information content (AvgIpc) is 3.43. The second-order valence-corrected chi connectivity index (χ2v) is 8.62. The Bertz CT molecular complexity index is 1070. The lowest BCUT2D eigenvalue weighted by Crippen LogP contribution is -2.37. The first-order valence-electron chi connectivity index (χ1n) is 10.3. The quantitative estimate of drug-likeness (QED) is 0.672. The van der Waals surface area contributed by atoms with Gasteiger partial charge in [-0.05, 0) is 57.6 Å². The number of pyridine rings is 1. The van der Waals surface area contributed by atoms with Crippen molar-refractivity contribution in [3.63, 3.8) is 0 Å². The molecule has 5 nitrogen and oxygen atoms in total. The molecule has 1 saturated heterocycles. The van der Waals surface area contributed by atoms with Crippen molar-refractivity contribution in [1.82, 2.24) is 19.7 Å². The Kier molecular flexibility index (Phi) is 4.00. The van der Waals surface area contributed by atoms with Crippen LogP contribution in [0.2, 0.25) is 0 Å². The van der Waals surface area contributed by atoms with Crippen LogP contribution in [-0.4, -0.2) is 38.2 Å². The molecule has 0 N–H and O–H groups in total. The highest BCUT2D eigenvalue weighted by molar-refractivity contribution is 6.08. The van der Waals surface area contributed by atoms with Crippen molar-refractivity contribution in [3.8, 4) is 11.3 Å². The summed E-state index contributed by atoms with van der Waals surface area (Å²) >= 11 is 0. The molecule has 3 aromatic rings. The molecular formula is C23H26N4O. The minimum Gasteiger partial charge on any atom is -0.335 e. The standard InChI is InChI=1S/C23H26N4O/c1-14(2)27-13-17(11-24-27)21-10-20(19-6-4-5-15(3)22(19)25-21)23(28)26-12-16-7-8-18(26)9-16/h4-6,10-11,13-14,16,18H,7-9,12H2,1-3H3/t16-,18-/m0/s1. The molecule has 2 aromatic heterocycles. The van der Waals surface area contributed by atoms with Crippen LogP contribution in [0.5, 0.6) is 0 Å². The van der Waals surface area contributed by atoms with Crippen LogP contribution >= 0.6 is 0 Å². The fourth-order valence-electron chi connectivity index (χ4n) is 4.80. The van der Waals surface area contributed by atoms with E-state index in [1.165, 1.54) is 12.8 Å². The van der Waals surface area contributed by atoms with Crippen molar-refractivity contribution in [2.24, 2.45) is 5.92 Å². The number of benzene rings is 1. The summed E-state index contributed by atoms with van der Waals surface area (Å²) in [6.45, 7) is 7.17. The molecular weight excluding hydrogens is 348 g/mol. The average molecular weight is 374 g/mol. The number of carbonyl (C=O) groups excluding carboxylic acids is 1. The molecule has 5 rings (SSSR count). The van der Waals surface area contributed by atoms with Crippen molar-refractivity contribution in [3.05, 3.63) is 47.8 Å². The maximum atomic E-state index is 13.5. The number of carbonyl (C=O) groups is 1. The summed E-state index contributed by atoms with van der Waals surface area (Å²) < 4.78 is 1.93. The lowest BCUT2D eigenvalue weighted by Gasteiger charge is -2.27. The Morgan fingerprint density at radius 1 is 1.25 bits per heavy atom. The second kappa shape index (κ2) is 6.43. The van der Waals surface area contributed by atoms with Crippen molar-refractivity contribution in [1.29, 1.82) is 0 Å². The molecule has 2 fully saturated rings. The van der Waals surface area contributed by atoms with Gasteiger partial charge in [0.05, 0.1) is 23.0 Å². The van der Waals surface area contributed by atoms with E-state index in [2.05, 4.69) is 36.8 Å². The molecule has 0 radical (unpaired) electrons. The molecule has 3 heterocycles. The zero-order chi connectivity index (χ0) is 19.4. The summed E-state index contributed by atoms with van der Waals surface area (Å²) in [6, 6.07) is 8.77. The van der Waals surface area contributed by atoms with E-state index in [0.29, 0.717) is 12.0 Å². The van der Waals surface area contributed by atoms with Gasteiger partial charge in [0, 0.05) is 35.8 Å². The molecule has 2 aliphatic rings. The van der Waals surface area contributed by atoms with Gasteiger partial charge in [-0.3, -0.25) is 9.48 Å². The number of rotatable bonds is 3. The third-order valence-corrected chi connectivity index (χ3v) is 6.37. The third kappa shape index (κ3) is 2.72. The topological polar surface area (TPSA) is 51.0 Å². The zero-order valence-corrected chi connectivity index (χ0v) is 16.7. The van der Waals surface area contributed by atoms with E-state index < -0.39 is 0 Å². The van der Waals surface area contributed by atoms with Gasteiger partial charge in [-0.2, -0.15) is 5.10 Å². The fraction of sp³-hybridized carbons (Fsp3) is 0.435. The number of para-hydroxylation sites is 1. The Morgan fingerprint density at radius 3 is 2.79 bits per heavy atom. The van der Waals surface area contributed by atoms with E-state index in [1.807, 2.05) is 35.3 Å². The predicted molar refractivity (Wildman–Crippen MR) is 110 cm³/mol. The summed E-state index contributed by atoms with van der Waals surface area (Å²) in [5.41, 5.74) is 4.54. The number of likely N-dealkylation sites (tertiary alicyclic amines) is 1.